The summed E-state index contributed by atoms with van der Waals surface area (Å²) >= 11 is 0. The van der Waals surface area contributed by atoms with Crippen molar-refractivity contribution in [1.82, 2.24) is 20.1 Å². The summed E-state index contributed by atoms with van der Waals surface area (Å²) in [5.74, 6) is 0.531. The summed E-state index contributed by atoms with van der Waals surface area (Å²) in [7, 11) is 1.69. The van der Waals surface area contributed by atoms with Gasteiger partial charge in [-0.05, 0) is 27.7 Å². The van der Waals surface area contributed by atoms with Crippen LogP contribution in [0.1, 0.15) is 37.2 Å². The van der Waals surface area contributed by atoms with Crippen LogP contribution in [0.25, 0.3) is 0 Å². The first-order valence-corrected chi connectivity index (χ1v) is 5.57. The monoisotopic (exact) mass is 254 g/mol. The van der Waals surface area contributed by atoms with E-state index in [0.717, 1.165) is 0 Å². The van der Waals surface area contributed by atoms with Crippen molar-refractivity contribution < 1.29 is 14.3 Å². The van der Waals surface area contributed by atoms with Crippen LogP contribution in [-0.4, -0.2) is 38.8 Å². The molecule has 0 fully saturated rings. The van der Waals surface area contributed by atoms with E-state index in [0.29, 0.717) is 5.82 Å². The second-order valence-electron chi connectivity index (χ2n) is 4.91. The van der Waals surface area contributed by atoms with Crippen LogP contribution in [0.2, 0.25) is 0 Å². The number of aromatic nitrogens is 3. The number of ketones is 1. The quantitative estimate of drug-likeness (QED) is 0.807. The Hall–Kier alpha value is -1.92. The van der Waals surface area contributed by atoms with Crippen molar-refractivity contribution in [2.75, 3.05) is 6.54 Å². The Labute approximate surface area is 106 Å². The van der Waals surface area contributed by atoms with Crippen molar-refractivity contribution >= 4 is 11.9 Å². The Bertz CT molecular complexity index is 459. The van der Waals surface area contributed by atoms with E-state index in [9.17, 15) is 9.59 Å². The van der Waals surface area contributed by atoms with Gasteiger partial charge in [-0.25, -0.2) is 4.79 Å². The average Bonchev–Trinajstić information content (AvgIpc) is 2.54. The van der Waals surface area contributed by atoms with Crippen molar-refractivity contribution in [3.63, 3.8) is 0 Å². The van der Waals surface area contributed by atoms with Crippen LogP contribution in [0.5, 0.6) is 0 Å². The molecule has 0 bridgehead atoms. The van der Waals surface area contributed by atoms with Crippen molar-refractivity contribution in [3.8, 4) is 0 Å². The lowest BCUT2D eigenvalue weighted by Crippen LogP contribution is -2.36. The summed E-state index contributed by atoms with van der Waals surface area (Å²) in [6.07, 6.45) is -0.630. The molecule has 1 heterocycles. The lowest BCUT2D eigenvalue weighted by atomic mass is 10.2. The molecule has 7 nitrogen and oxygen atoms in total. The standard InChI is InChI=1S/C11H18N4O3/c1-7-13-14-9(15(7)5)8(16)6-12-10(17)18-11(2,3)4/h6H2,1-5H3,(H,12,17). The summed E-state index contributed by atoms with van der Waals surface area (Å²) in [6.45, 7) is 6.83. The topological polar surface area (TPSA) is 86.1 Å². The van der Waals surface area contributed by atoms with Crippen molar-refractivity contribution in [3.05, 3.63) is 11.6 Å². The molecule has 0 radical (unpaired) electrons. The highest BCUT2D eigenvalue weighted by molar-refractivity contribution is 5.95. The van der Waals surface area contributed by atoms with E-state index in [-0.39, 0.29) is 18.2 Å². The molecule has 0 unspecified atom stereocenters. The van der Waals surface area contributed by atoms with E-state index in [2.05, 4.69) is 15.5 Å². The number of amides is 1. The Kier molecular flexibility index (Phi) is 4.05. The Balaban J connectivity index is 2.52. The molecular weight excluding hydrogens is 236 g/mol. The lowest BCUT2D eigenvalue weighted by Gasteiger charge is -2.19. The molecule has 0 aliphatic rings. The van der Waals surface area contributed by atoms with Crippen molar-refractivity contribution in [1.29, 1.82) is 0 Å². The number of rotatable bonds is 3. The number of nitrogens with zero attached hydrogens (tertiary/aromatic N) is 3. The highest BCUT2D eigenvalue weighted by Crippen LogP contribution is 2.06. The second-order valence-corrected chi connectivity index (χ2v) is 4.91. The number of nitrogens with one attached hydrogen (secondary N) is 1. The van der Waals surface area contributed by atoms with Crippen LogP contribution in [0.4, 0.5) is 4.79 Å². The maximum Gasteiger partial charge on any atom is 0.408 e. The first kappa shape index (κ1) is 14.1. The third-order valence-corrected chi connectivity index (χ3v) is 2.13. The molecule has 100 valence electrons. The van der Waals surface area contributed by atoms with Crippen LogP contribution in [0.15, 0.2) is 0 Å². The summed E-state index contributed by atoms with van der Waals surface area (Å²) in [6, 6.07) is 0. The number of carbonyl (C=O) groups is 2. The predicted octanol–water partition coefficient (Wildman–Crippen LogP) is 0.831. The fourth-order valence-electron chi connectivity index (χ4n) is 1.20. The maximum atomic E-state index is 11.8. The zero-order valence-electron chi connectivity index (χ0n) is 11.3. The van der Waals surface area contributed by atoms with Gasteiger partial charge < -0.3 is 14.6 Å². The van der Waals surface area contributed by atoms with Gasteiger partial charge >= 0.3 is 6.09 Å². The number of aryl methyl sites for hydroxylation is 1. The van der Waals surface area contributed by atoms with Crippen LogP contribution >= 0.6 is 0 Å². The summed E-state index contributed by atoms with van der Waals surface area (Å²) in [5, 5.41) is 9.89. The average molecular weight is 254 g/mol. The largest absolute Gasteiger partial charge is 0.444 e. The maximum absolute atomic E-state index is 11.8. The fourth-order valence-corrected chi connectivity index (χ4v) is 1.20. The SMILES string of the molecule is Cc1nnc(C(=O)CNC(=O)OC(C)(C)C)n1C. The second kappa shape index (κ2) is 5.16. The highest BCUT2D eigenvalue weighted by atomic mass is 16.6. The van der Waals surface area contributed by atoms with Crippen molar-refractivity contribution in [2.24, 2.45) is 7.05 Å². The normalized spacial score (nSPS) is 11.2. The van der Waals surface area contributed by atoms with Crippen LogP contribution in [-0.2, 0) is 11.8 Å². The molecule has 1 aromatic heterocycles. The number of hydrogen-bond donors (Lipinski definition) is 1. The van der Waals surface area contributed by atoms with Gasteiger partial charge in [0.2, 0.25) is 11.6 Å². The minimum atomic E-state index is -0.630. The van der Waals surface area contributed by atoms with Gasteiger partial charge in [0.15, 0.2) is 0 Å². The molecule has 0 atom stereocenters. The zero-order valence-corrected chi connectivity index (χ0v) is 11.3. The van der Waals surface area contributed by atoms with Crippen LogP contribution in [0, 0.1) is 6.92 Å². The van der Waals surface area contributed by atoms with Gasteiger partial charge in [-0.2, -0.15) is 0 Å². The first-order chi connectivity index (χ1) is 8.20. The van der Waals surface area contributed by atoms with Crippen LogP contribution in [0.3, 0.4) is 0 Å². The number of alkyl carbamates (subject to hydrolysis) is 1. The van der Waals surface area contributed by atoms with E-state index in [4.69, 9.17) is 4.74 Å². The molecule has 0 saturated heterocycles. The third kappa shape index (κ3) is 3.83. The van der Waals surface area contributed by atoms with E-state index >= 15 is 0 Å². The molecule has 1 N–H and O–H groups in total. The minimum absolute atomic E-state index is 0.166. The molecular formula is C11H18N4O3. The van der Waals surface area contributed by atoms with Gasteiger partial charge in [-0.15, -0.1) is 10.2 Å². The Morgan fingerprint density at radius 2 is 1.94 bits per heavy atom. The first-order valence-electron chi connectivity index (χ1n) is 5.57. The molecule has 7 heteroatoms. The molecule has 1 amide bonds. The van der Waals surface area contributed by atoms with E-state index in [1.54, 1.807) is 39.3 Å². The summed E-state index contributed by atoms with van der Waals surface area (Å²) in [5.41, 5.74) is -0.589. The van der Waals surface area contributed by atoms with Gasteiger partial charge in [0, 0.05) is 7.05 Å². The third-order valence-electron chi connectivity index (χ3n) is 2.13. The smallest absolute Gasteiger partial charge is 0.408 e. The molecule has 0 aliphatic heterocycles. The minimum Gasteiger partial charge on any atom is -0.444 e. The highest BCUT2D eigenvalue weighted by Gasteiger charge is 2.19. The summed E-state index contributed by atoms with van der Waals surface area (Å²) < 4.78 is 6.58. The number of ether oxygens (including phenoxy) is 1. The number of Topliss-reactive ketones (excluding diaryl/α,β-unsaturated/α-hetero) is 1. The molecule has 0 spiro atoms. The van der Waals surface area contributed by atoms with E-state index in [1.165, 1.54) is 0 Å². The predicted molar refractivity (Wildman–Crippen MR) is 64.3 cm³/mol. The molecule has 1 aromatic rings. The Morgan fingerprint density at radius 3 is 2.39 bits per heavy atom. The summed E-state index contributed by atoms with van der Waals surface area (Å²) in [4.78, 5) is 23.1. The van der Waals surface area contributed by atoms with E-state index in [1.807, 2.05) is 0 Å². The van der Waals surface area contributed by atoms with Gasteiger partial charge in [0.1, 0.15) is 11.4 Å². The number of carbonyl (C=O) groups excluding carboxylic acids is 2. The zero-order chi connectivity index (χ0) is 13.9. The molecule has 0 aromatic carbocycles. The molecule has 18 heavy (non-hydrogen) atoms. The molecule has 1 rings (SSSR count). The number of hydrogen-bond acceptors (Lipinski definition) is 5. The van der Waals surface area contributed by atoms with Gasteiger partial charge in [0.25, 0.3) is 0 Å². The van der Waals surface area contributed by atoms with Gasteiger partial charge in [0.05, 0.1) is 6.54 Å². The fraction of sp³-hybridized carbons (Fsp3) is 0.636. The van der Waals surface area contributed by atoms with Crippen molar-refractivity contribution in [2.45, 2.75) is 33.3 Å². The lowest BCUT2D eigenvalue weighted by molar-refractivity contribution is 0.0519. The van der Waals surface area contributed by atoms with Gasteiger partial charge in [-0.3, -0.25) is 4.79 Å². The van der Waals surface area contributed by atoms with E-state index < -0.39 is 11.7 Å². The van der Waals surface area contributed by atoms with Crippen LogP contribution < -0.4 is 5.32 Å². The Morgan fingerprint density at radius 1 is 1.33 bits per heavy atom. The van der Waals surface area contributed by atoms with Gasteiger partial charge in [-0.1, -0.05) is 0 Å². The molecule has 0 saturated carbocycles. The molecule has 0 aliphatic carbocycles.